The highest BCUT2D eigenvalue weighted by atomic mass is 32.2. The Morgan fingerprint density at radius 3 is 2.65 bits per heavy atom. The predicted octanol–water partition coefficient (Wildman–Crippen LogP) is 2.23. The molecule has 23 heavy (non-hydrogen) atoms. The number of H-pyrrole nitrogens is 1. The lowest BCUT2D eigenvalue weighted by Crippen LogP contribution is -2.35. The molecule has 0 aromatic carbocycles. The molecule has 0 saturated heterocycles. The molecule has 2 rings (SSSR count). The maximum atomic E-state index is 12.1. The molecule has 0 radical (unpaired) electrons. The Morgan fingerprint density at radius 1 is 1.35 bits per heavy atom. The van der Waals surface area contributed by atoms with E-state index in [1.165, 1.54) is 11.8 Å². The van der Waals surface area contributed by atoms with Crippen molar-refractivity contribution in [1.82, 2.24) is 9.97 Å². The largest absolute Gasteiger partial charge is 0.460 e. The van der Waals surface area contributed by atoms with Crippen molar-refractivity contribution in [3.05, 3.63) is 21.6 Å². The van der Waals surface area contributed by atoms with Crippen LogP contribution in [0.25, 0.3) is 0 Å². The van der Waals surface area contributed by atoms with E-state index in [4.69, 9.17) is 9.47 Å². The summed E-state index contributed by atoms with van der Waals surface area (Å²) in [4.78, 5) is 31.1. The quantitative estimate of drug-likeness (QED) is 0.486. The van der Waals surface area contributed by atoms with Crippen molar-refractivity contribution >= 4 is 17.7 Å². The number of hydrogen-bond acceptors (Lipinski definition) is 6. The van der Waals surface area contributed by atoms with Crippen molar-refractivity contribution in [1.29, 1.82) is 0 Å². The molecule has 1 heterocycles. The molecule has 128 valence electrons. The third-order valence-electron chi connectivity index (χ3n) is 4.20. The van der Waals surface area contributed by atoms with Crippen molar-refractivity contribution in [3.63, 3.8) is 0 Å². The lowest BCUT2D eigenvalue weighted by Gasteiger charge is -2.29. The molecule has 0 unspecified atom stereocenters. The van der Waals surface area contributed by atoms with Gasteiger partial charge in [0.05, 0.1) is 6.10 Å². The van der Waals surface area contributed by atoms with Crippen LogP contribution in [0.5, 0.6) is 0 Å². The molecule has 1 saturated carbocycles. The van der Waals surface area contributed by atoms with E-state index in [0.717, 1.165) is 25.7 Å². The van der Waals surface area contributed by atoms with Crippen molar-refractivity contribution < 1.29 is 14.3 Å². The van der Waals surface area contributed by atoms with E-state index in [-0.39, 0.29) is 30.2 Å². The summed E-state index contributed by atoms with van der Waals surface area (Å²) in [5, 5.41) is 0.587. The molecule has 2 atom stereocenters. The van der Waals surface area contributed by atoms with E-state index in [0.29, 0.717) is 22.8 Å². The van der Waals surface area contributed by atoms with E-state index >= 15 is 0 Å². The van der Waals surface area contributed by atoms with Gasteiger partial charge in [-0.2, -0.15) is 0 Å². The molecule has 0 spiro atoms. The first kappa shape index (κ1) is 18.0. The average molecular weight is 340 g/mol. The van der Waals surface area contributed by atoms with Crippen molar-refractivity contribution in [3.8, 4) is 0 Å². The zero-order chi connectivity index (χ0) is 16.8. The van der Waals surface area contributed by atoms with E-state index in [2.05, 4.69) is 9.97 Å². The van der Waals surface area contributed by atoms with Crippen molar-refractivity contribution in [2.75, 3.05) is 13.4 Å². The maximum absolute atomic E-state index is 12.1. The average Bonchev–Trinajstić information content (AvgIpc) is 2.54. The standard InChI is InChI=1S/C16H24N2O4S/c1-10-11(15(20)18-16(17-10)23-3)8-9-14(19)22-13-7-5-4-6-12(13)21-2/h12-13H,4-9H2,1-3H3,(H,17,18,20)/t12-,13+/m1/s1. The molecule has 1 fully saturated rings. The number of esters is 1. The Bertz CT molecular complexity index is 602. The highest BCUT2D eigenvalue weighted by Gasteiger charge is 2.28. The number of thioether (sulfide) groups is 1. The number of carbonyl (C=O) groups is 1. The number of nitrogens with zero attached hydrogens (tertiary/aromatic N) is 1. The summed E-state index contributed by atoms with van der Waals surface area (Å²) in [5.74, 6) is -0.285. The van der Waals surface area contributed by atoms with Gasteiger partial charge in [-0.05, 0) is 38.9 Å². The third kappa shape index (κ3) is 4.81. The summed E-state index contributed by atoms with van der Waals surface area (Å²) >= 11 is 1.38. The van der Waals surface area contributed by atoms with Gasteiger partial charge in [0.1, 0.15) is 6.10 Å². The number of aromatic nitrogens is 2. The zero-order valence-corrected chi connectivity index (χ0v) is 14.7. The molecule has 0 bridgehead atoms. The molecule has 1 aromatic rings. The molecule has 7 heteroatoms. The minimum Gasteiger partial charge on any atom is -0.460 e. The second-order valence-electron chi connectivity index (χ2n) is 5.73. The molecule has 6 nitrogen and oxygen atoms in total. The van der Waals surface area contributed by atoms with Gasteiger partial charge >= 0.3 is 5.97 Å². The number of aryl methyl sites for hydroxylation is 1. The maximum Gasteiger partial charge on any atom is 0.306 e. The summed E-state index contributed by atoms with van der Waals surface area (Å²) in [7, 11) is 1.65. The van der Waals surface area contributed by atoms with E-state index in [1.807, 2.05) is 6.26 Å². The minimum atomic E-state index is -0.285. The van der Waals surface area contributed by atoms with Crippen LogP contribution >= 0.6 is 11.8 Å². The number of carbonyl (C=O) groups excluding carboxylic acids is 1. The fraction of sp³-hybridized carbons (Fsp3) is 0.688. The van der Waals surface area contributed by atoms with E-state index < -0.39 is 0 Å². The fourth-order valence-corrected chi connectivity index (χ4v) is 3.32. The summed E-state index contributed by atoms with van der Waals surface area (Å²) in [6.07, 6.45) is 6.11. The lowest BCUT2D eigenvalue weighted by atomic mass is 9.94. The molecular weight excluding hydrogens is 316 g/mol. The highest BCUT2D eigenvalue weighted by molar-refractivity contribution is 7.98. The predicted molar refractivity (Wildman–Crippen MR) is 88.8 cm³/mol. The number of rotatable bonds is 6. The Labute approximate surface area is 140 Å². The topological polar surface area (TPSA) is 81.3 Å². The number of methoxy groups -OCH3 is 1. The van der Waals surface area contributed by atoms with Crippen LogP contribution < -0.4 is 5.56 Å². The molecule has 1 aliphatic rings. The number of nitrogens with one attached hydrogen (secondary N) is 1. The van der Waals surface area contributed by atoms with Gasteiger partial charge in [-0.15, -0.1) is 0 Å². The van der Waals surface area contributed by atoms with Gasteiger partial charge < -0.3 is 14.5 Å². The number of hydrogen-bond donors (Lipinski definition) is 1. The fourth-order valence-electron chi connectivity index (χ4n) is 2.90. The van der Waals surface area contributed by atoms with Crippen LogP contribution in [0, 0.1) is 6.92 Å². The first-order valence-corrected chi connectivity index (χ1v) is 9.13. The number of aromatic amines is 1. The zero-order valence-electron chi connectivity index (χ0n) is 13.9. The van der Waals surface area contributed by atoms with Crippen LogP contribution in [0.1, 0.15) is 43.4 Å². The second-order valence-corrected chi connectivity index (χ2v) is 6.52. The smallest absolute Gasteiger partial charge is 0.306 e. The Morgan fingerprint density at radius 2 is 2.04 bits per heavy atom. The Kier molecular flexibility index (Phi) is 6.65. The summed E-state index contributed by atoms with van der Waals surface area (Å²) < 4.78 is 10.9. The van der Waals surface area contributed by atoms with Gasteiger partial charge in [-0.1, -0.05) is 18.2 Å². The summed E-state index contributed by atoms with van der Waals surface area (Å²) in [6.45, 7) is 1.79. The summed E-state index contributed by atoms with van der Waals surface area (Å²) in [6, 6.07) is 0. The van der Waals surface area contributed by atoms with E-state index in [1.54, 1.807) is 14.0 Å². The Balaban J connectivity index is 1.93. The van der Waals surface area contributed by atoms with Crippen molar-refractivity contribution in [2.45, 2.75) is 62.8 Å². The first-order chi connectivity index (χ1) is 11.0. The molecular formula is C16H24N2O4S. The third-order valence-corrected chi connectivity index (χ3v) is 4.78. The van der Waals surface area contributed by atoms with Gasteiger partial charge in [0.15, 0.2) is 5.16 Å². The van der Waals surface area contributed by atoms with Crippen LogP contribution in [0.15, 0.2) is 9.95 Å². The molecule has 1 aromatic heterocycles. The van der Waals surface area contributed by atoms with Gasteiger partial charge in [-0.25, -0.2) is 4.98 Å². The Hall–Kier alpha value is -1.34. The van der Waals surface area contributed by atoms with Gasteiger partial charge in [-0.3, -0.25) is 9.59 Å². The van der Waals surface area contributed by atoms with Gasteiger partial charge in [0, 0.05) is 24.8 Å². The van der Waals surface area contributed by atoms with Crippen molar-refractivity contribution in [2.24, 2.45) is 0 Å². The van der Waals surface area contributed by atoms with E-state index in [9.17, 15) is 9.59 Å². The molecule has 1 aliphatic carbocycles. The van der Waals surface area contributed by atoms with Gasteiger partial charge in [0.25, 0.3) is 5.56 Å². The highest BCUT2D eigenvalue weighted by Crippen LogP contribution is 2.24. The van der Waals surface area contributed by atoms with Crippen LogP contribution in [-0.4, -0.2) is 41.5 Å². The van der Waals surface area contributed by atoms with Crippen LogP contribution in [-0.2, 0) is 20.7 Å². The second kappa shape index (κ2) is 8.49. The SMILES string of the molecule is CO[C@@H]1CCCC[C@@H]1OC(=O)CCc1c(C)nc(SC)[nH]c1=O. The number of ether oxygens (including phenoxy) is 2. The first-order valence-electron chi connectivity index (χ1n) is 7.91. The molecule has 0 amide bonds. The molecule has 0 aliphatic heterocycles. The minimum absolute atomic E-state index is 0.0135. The van der Waals surface area contributed by atoms with Crippen LogP contribution in [0.2, 0.25) is 0 Å². The van der Waals surface area contributed by atoms with Crippen LogP contribution in [0.4, 0.5) is 0 Å². The summed E-state index contributed by atoms with van der Waals surface area (Å²) in [5.41, 5.74) is 1.03. The van der Waals surface area contributed by atoms with Crippen LogP contribution in [0.3, 0.4) is 0 Å². The normalized spacial score (nSPS) is 21.2. The lowest BCUT2D eigenvalue weighted by molar-refractivity contribution is -0.159. The monoisotopic (exact) mass is 340 g/mol. The molecule has 1 N–H and O–H groups in total. The van der Waals surface area contributed by atoms with Gasteiger partial charge in [0.2, 0.25) is 0 Å².